The van der Waals surface area contributed by atoms with Gasteiger partial charge in [-0.25, -0.2) is 0 Å². The molecule has 0 aliphatic heterocycles. The average Bonchev–Trinajstić information content (AvgIpc) is 2.46. The molecule has 2 N–H and O–H groups in total. The lowest BCUT2D eigenvalue weighted by atomic mass is 9.80. The van der Waals surface area contributed by atoms with Gasteiger partial charge in [-0.2, -0.15) is 0 Å². The van der Waals surface area contributed by atoms with Crippen molar-refractivity contribution in [1.29, 1.82) is 0 Å². The van der Waals surface area contributed by atoms with Gasteiger partial charge < -0.3 is 5.73 Å². The van der Waals surface area contributed by atoms with Crippen LogP contribution in [0.25, 0.3) is 0 Å². The van der Waals surface area contributed by atoms with Crippen LogP contribution in [0.3, 0.4) is 0 Å². The zero-order valence-corrected chi connectivity index (χ0v) is 13.4. The number of aryl methyl sites for hydroxylation is 1. The second kappa shape index (κ2) is 5.84. The molecule has 0 saturated heterocycles. The number of pyridine rings is 1. The molecule has 0 amide bonds. The lowest BCUT2D eigenvalue weighted by molar-refractivity contribution is 0.463. The third kappa shape index (κ3) is 2.62. The first-order valence-electron chi connectivity index (χ1n) is 6.81. The molecular weight excluding hydrogens is 336 g/mol. The van der Waals surface area contributed by atoms with E-state index < -0.39 is 0 Å². The topological polar surface area (TPSA) is 38.9 Å². The second-order valence-corrected chi connectivity index (χ2v) is 6.56. The number of benzene rings is 1. The summed E-state index contributed by atoms with van der Waals surface area (Å²) in [4.78, 5) is 4.56. The van der Waals surface area contributed by atoms with Crippen LogP contribution in [0.1, 0.15) is 41.6 Å². The summed E-state index contributed by atoms with van der Waals surface area (Å²) in [5.41, 5.74) is 9.96. The number of fused-ring (bicyclic) bond motifs is 1. The third-order valence-corrected chi connectivity index (χ3v) is 4.81. The number of rotatable bonds is 2. The number of hydrogen-bond acceptors (Lipinski definition) is 2. The Hall–Kier alpha value is -0.900. The highest BCUT2D eigenvalue weighted by atomic mass is 79.9. The van der Waals surface area contributed by atoms with Gasteiger partial charge in [0.25, 0.3) is 0 Å². The van der Waals surface area contributed by atoms with E-state index in [1.54, 1.807) is 0 Å². The maximum atomic E-state index is 6.50. The molecule has 104 valence electrons. The van der Waals surface area contributed by atoms with E-state index in [2.05, 4.69) is 27.0 Å². The van der Waals surface area contributed by atoms with Gasteiger partial charge in [-0.15, -0.1) is 0 Å². The normalized spacial score (nSPS) is 19.4. The lowest BCUT2D eigenvalue weighted by Gasteiger charge is -2.29. The van der Waals surface area contributed by atoms with E-state index in [0.29, 0.717) is 0 Å². The molecule has 2 nitrogen and oxygen atoms in total. The molecule has 0 fully saturated rings. The highest BCUT2D eigenvalue weighted by Crippen LogP contribution is 2.40. The molecule has 0 bridgehead atoms. The molecule has 0 spiro atoms. The van der Waals surface area contributed by atoms with Gasteiger partial charge in [-0.1, -0.05) is 39.7 Å². The van der Waals surface area contributed by atoms with Crippen LogP contribution in [-0.4, -0.2) is 4.98 Å². The van der Waals surface area contributed by atoms with Gasteiger partial charge in [-0.3, -0.25) is 4.98 Å². The van der Waals surface area contributed by atoms with E-state index in [4.69, 9.17) is 17.3 Å². The molecule has 1 aromatic carbocycles. The Morgan fingerprint density at radius 2 is 2.20 bits per heavy atom. The van der Waals surface area contributed by atoms with Crippen LogP contribution in [0.15, 0.2) is 41.0 Å². The molecule has 1 aromatic heterocycles. The van der Waals surface area contributed by atoms with Crippen molar-refractivity contribution in [3.63, 3.8) is 0 Å². The highest BCUT2D eigenvalue weighted by molar-refractivity contribution is 9.10. The monoisotopic (exact) mass is 350 g/mol. The molecule has 3 rings (SSSR count). The average molecular weight is 352 g/mol. The number of halogens is 2. The third-order valence-electron chi connectivity index (χ3n) is 3.99. The van der Waals surface area contributed by atoms with Crippen molar-refractivity contribution in [2.45, 2.75) is 31.2 Å². The molecule has 1 aliphatic carbocycles. The molecular formula is C16H16BrClN2. The summed E-state index contributed by atoms with van der Waals surface area (Å²) < 4.78 is 0.973. The summed E-state index contributed by atoms with van der Waals surface area (Å²) in [7, 11) is 0. The Morgan fingerprint density at radius 3 is 3.00 bits per heavy atom. The number of nitrogens with two attached hydrogens (primary N) is 1. The second-order valence-electron chi connectivity index (χ2n) is 5.24. The first kappa shape index (κ1) is 14.1. The minimum Gasteiger partial charge on any atom is -0.323 e. The van der Waals surface area contributed by atoms with E-state index in [-0.39, 0.29) is 12.0 Å². The predicted molar refractivity (Wildman–Crippen MR) is 86.0 cm³/mol. The van der Waals surface area contributed by atoms with E-state index >= 15 is 0 Å². The van der Waals surface area contributed by atoms with Crippen LogP contribution in [0.4, 0.5) is 0 Å². The van der Waals surface area contributed by atoms with Crippen LogP contribution in [0, 0.1) is 0 Å². The minimum atomic E-state index is -0.107. The van der Waals surface area contributed by atoms with Crippen LogP contribution in [0.2, 0.25) is 5.02 Å². The summed E-state index contributed by atoms with van der Waals surface area (Å²) in [6.45, 7) is 0. The van der Waals surface area contributed by atoms with Crippen molar-refractivity contribution in [2.75, 3.05) is 0 Å². The standard InChI is InChI=1S/C16H16BrClN2/c17-11-6-7-12(14(18)9-11)15(19)13-5-1-3-10-4-2-8-20-16(10)13/h2,4,6-9,13,15H,1,3,5,19H2. The van der Waals surface area contributed by atoms with Crippen molar-refractivity contribution in [1.82, 2.24) is 4.98 Å². The number of aromatic nitrogens is 1. The summed E-state index contributed by atoms with van der Waals surface area (Å²) >= 11 is 9.77. The molecule has 20 heavy (non-hydrogen) atoms. The molecule has 0 saturated carbocycles. The molecule has 2 aromatic rings. The molecule has 1 heterocycles. The zero-order chi connectivity index (χ0) is 14.1. The fraction of sp³-hybridized carbons (Fsp3) is 0.312. The van der Waals surface area contributed by atoms with Crippen LogP contribution >= 0.6 is 27.5 Å². The first-order chi connectivity index (χ1) is 9.66. The van der Waals surface area contributed by atoms with Crippen LogP contribution < -0.4 is 5.73 Å². The first-order valence-corrected chi connectivity index (χ1v) is 7.98. The predicted octanol–water partition coefficient (Wildman–Crippen LogP) is 4.62. The SMILES string of the molecule is NC(c1ccc(Br)cc1Cl)C1CCCc2cccnc21. The Morgan fingerprint density at radius 1 is 1.35 bits per heavy atom. The highest BCUT2D eigenvalue weighted by Gasteiger charge is 2.28. The van der Waals surface area contributed by atoms with Gasteiger partial charge in [0.1, 0.15) is 0 Å². The van der Waals surface area contributed by atoms with Crippen LogP contribution in [0.5, 0.6) is 0 Å². The summed E-state index contributed by atoms with van der Waals surface area (Å²) in [6.07, 6.45) is 5.18. The van der Waals surface area contributed by atoms with Crippen molar-refractivity contribution in [2.24, 2.45) is 5.73 Å². The Bertz CT molecular complexity index is 630. The molecule has 1 aliphatic rings. The van der Waals surface area contributed by atoms with E-state index in [0.717, 1.165) is 40.0 Å². The van der Waals surface area contributed by atoms with Gasteiger partial charge >= 0.3 is 0 Å². The summed E-state index contributed by atoms with van der Waals surface area (Å²) in [5.74, 6) is 0.249. The fourth-order valence-corrected chi connectivity index (χ4v) is 3.78. The minimum absolute atomic E-state index is 0.107. The summed E-state index contributed by atoms with van der Waals surface area (Å²) in [6, 6.07) is 9.95. The van der Waals surface area contributed by atoms with E-state index in [1.807, 2.05) is 30.5 Å². The van der Waals surface area contributed by atoms with Gasteiger partial charge in [0.05, 0.1) is 0 Å². The Kier molecular flexibility index (Phi) is 4.11. The Balaban J connectivity index is 1.97. The molecule has 2 unspecified atom stereocenters. The largest absolute Gasteiger partial charge is 0.323 e. The fourth-order valence-electron chi connectivity index (χ4n) is 2.98. The smallest absolute Gasteiger partial charge is 0.0485 e. The maximum absolute atomic E-state index is 6.50. The van der Waals surface area contributed by atoms with Crippen molar-refractivity contribution < 1.29 is 0 Å². The van der Waals surface area contributed by atoms with Crippen molar-refractivity contribution in [3.8, 4) is 0 Å². The maximum Gasteiger partial charge on any atom is 0.0485 e. The Labute approximate surface area is 132 Å². The van der Waals surface area contributed by atoms with Crippen molar-refractivity contribution >= 4 is 27.5 Å². The van der Waals surface area contributed by atoms with Gasteiger partial charge in [0, 0.05) is 33.3 Å². The van der Waals surface area contributed by atoms with Crippen LogP contribution in [-0.2, 0) is 6.42 Å². The van der Waals surface area contributed by atoms with Gasteiger partial charge in [-0.05, 0) is 48.6 Å². The number of nitrogens with zero attached hydrogens (tertiary/aromatic N) is 1. The van der Waals surface area contributed by atoms with Gasteiger partial charge in [0.15, 0.2) is 0 Å². The quantitative estimate of drug-likeness (QED) is 0.857. The van der Waals surface area contributed by atoms with E-state index in [9.17, 15) is 0 Å². The molecule has 2 atom stereocenters. The van der Waals surface area contributed by atoms with Crippen molar-refractivity contribution in [3.05, 3.63) is 62.8 Å². The molecule has 4 heteroatoms. The zero-order valence-electron chi connectivity index (χ0n) is 11.0. The van der Waals surface area contributed by atoms with E-state index in [1.165, 1.54) is 5.56 Å². The number of hydrogen-bond donors (Lipinski definition) is 1. The lowest BCUT2D eigenvalue weighted by Crippen LogP contribution is -2.24. The molecule has 0 radical (unpaired) electrons. The summed E-state index contributed by atoms with van der Waals surface area (Å²) in [5, 5.41) is 0.718. The van der Waals surface area contributed by atoms with Gasteiger partial charge in [0.2, 0.25) is 0 Å².